The Bertz CT molecular complexity index is 663. The number of carbonyl (C=O) groups is 1. The average Bonchev–Trinajstić information content (AvgIpc) is 3.43. The molecule has 12 heteroatoms. The minimum atomic E-state index is -1.38. The van der Waals surface area contributed by atoms with Crippen molar-refractivity contribution in [2.75, 3.05) is 45.5 Å². The number of carbonyl (C=O) groups excluding carboxylic acids is 1. The molecule has 0 aliphatic carbocycles. The van der Waals surface area contributed by atoms with Crippen LogP contribution in [0.25, 0.3) is 0 Å². The van der Waals surface area contributed by atoms with Gasteiger partial charge in [0.05, 0.1) is 11.4 Å². The zero-order valence-corrected chi connectivity index (χ0v) is 19.6. The zero-order valence-electron chi connectivity index (χ0n) is 18.8. The first-order valence-corrected chi connectivity index (χ1v) is 12.7. The molecule has 8 atom stereocenters. The van der Waals surface area contributed by atoms with Gasteiger partial charge in [0.2, 0.25) is 0 Å². The Labute approximate surface area is 193 Å². The van der Waals surface area contributed by atoms with Crippen LogP contribution in [0.5, 0.6) is 0 Å². The Balaban J connectivity index is 1.43. The van der Waals surface area contributed by atoms with Gasteiger partial charge in [-0.3, -0.25) is 10.4 Å². The number of rotatable bonds is 6. The maximum atomic E-state index is 12.1. The predicted molar refractivity (Wildman–Crippen MR) is 125 cm³/mol. The van der Waals surface area contributed by atoms with Crippen LogP contribution < -0.4 is 32.0 Å². The Morgan fingerprint density at radius 1 is 1.28 bits per heavy atom. The van der Waals surface area contributed by atoms with E-state index in [9.17, 15) is 15.0 Å². The van der Waals surface area contributed by atoms with E-state index in [-0.39, 0.29) is 41.5 Å². The van der Waals surface area contributed by atoms with Crippen molar-refractivity contribution in [3.8, 4) is 0 Å². The van der Waals surface area contributed by atoms with E-state index in [4.69, 9.17) is 0 Å². The summed E-state index contributed by atoms with van der Waals surface area (Å²) in [6, 6.07) is 0.0506. The van der Waals surface area contributed by atoms with Crippen LogP contribution >= 0.6 is 11.8 Å². The maximum Gasteiger partial charge on any atom is 0.316 e. The second-order valence-electron chi connectivity index (χ2n) is 9.27. The van der Waals surface area contributed by atoms with Crippen LogP contribution in [0.3, 0.4) is 0 Å². The number of aliphatic hydroxyl groups is 2. The summed E-state index contributed by atoms with van der Waals surface area (Å²) in [5, 5.41) is 37.8. The number of aliphatic imine (C=N–C) groups is 1. The smallest absolute Gasteiger partial charge is 0.316 e. The molecular weight excluding hydrogens is 432 g/mol. The van der Waals surface area contributed by atoms with E-state index in [0.717, 1.165) is 25.3 Å². The topological polar surface area (TPSA) is 145 Å². The largest absolute Gasteiger partial charge is 0.367 e. The number of urea groups is 1. The van der Waals surface area contributed by atoms with Gasteiger partial charge in [-0.25, -0.2) is 9.80 Å². The fourth-order valence-corrected chi connectivity index (χ4v) is 6.81. The number of nitrogens with one attached hydrogen (secondary N) is 6. The summed E-state index contributed by atoms with van der Waals surface area (Å²) >= 11 is 1.97. The van der Waals surface area contributed by atoms with E-state index in [1.54, 1.807) is 0 Å². The fraction of sp³-hybridized carbons (Fsp3) is 0.900. The lowest BCUT2D eigenvalue weighted by Gasteiger charge is -2.42. The minimum absolute atomic E-state index is 0.143. The molecule has 4 heterocycles. The summed E-state index contributed by atoms with van der Waals surface area (Å²) in [5.74, 6) is 2.13. The number of aliphatic hydroxyl groups excluding tert-OH is 1. The van der Waals surface area contributed by atoms with Gasteiger partial charge < -0.3 is 36.8 Å². The first-order chi connectivity index (χ1) is 15.4. The third kappa shape index (κ3) is 5.73. The van der Waals surface area contributed by atoms with Crippen LogP contribution in [0, 0.1) is 17.8 Å². The van der Waals surface area contributed by atoms with Crippen molar-refractivity contribution in [3.63, 3.8) is 0 Å². The Morgan fingerprint density at radius 2 is 2.12 bits per heavy atom. The normalized spacial score (nSPS) is 40.7. The van der Waals surface area contributed by atoms with E-state index in [1.165, 1.54) is 0 Å². The lowest BCUT2D eigenvalue weighted by Crippen LogP contribution is -2.63. The van der Waals surface area contributed by atoms with Crippen molar-refractivity contribution in [2.24, 2.45) is 22.7 Å². The number of nitrogens with zero attached hydrogens (tertiary/aromatic N) is 2. The lowest BCUT2D eigenvalue weighted by molar-refractivity contribution is -0.0718. The maximum absolute atomic E-state index is 12.1. The number of hydrogen-bond donors (Lipinski definition) is 8. The quantitative estimate of drug-likeness (QED) is 0.201. The second kappa shape index (κ2) is 11.0. The Hall–Kier alpha value is -0.990. The summed E-state index contributed by atoms with van der Waals surface area (Å²) in [6.45, 7) is 5.65. The molecule has 4 aliphatic heterocycles. The third-order valence-electron chi connectivity index (χ3n) is 7.01. The molecule has 11 nitrogen and oxygen atoms in total. The highest BCUT2D eigenvalue weighted by atomic mass is 32.2. The third-order valence-corrected chi connectivity index (χ3v) is 8.41. The first kappa shape index (κ1) is 24.1. The summed E-state index contributed by atoms with van der Waals surface area (Å²) in [4.78, 5) is 16.8. The number of amides is 2. The molecule has 32 heavy (non-hydrogen) atoms. The summed E-state index contributed by atoms with van der Waals surface area (Å²) in [7, 11) is 2.09. The average molecular weight is 471 g/mol. The number of hydrazine groups is 1. The minimum Gasteiger partial charge on any atom is -0.367 e. The van der Waals surface area contributed by atoms with Crippen LogP contribution in [-0.4, -0.2) is 109 Å². The highest BCUT2D eigenvalue weighted by molar-refractivity contribution is 8.00. The zero-order chi connectivity index (χ0) is 22.7. The Morgan fingerprint density at radius 3 is 2.78 bits per heavy atom. The first-order valence-electron chi connectivity index (χ1n) is 11.7. The van der Waals surface area contributed by atoms with Crippen molar-refractivity contribution in [3.05, 3.63) is 0 Å². The standard InChI is InChI=1S/C20H38N8O3S/c1-3-21-20(31)27-17-4-12(18-26-16(10-32-18)11-5-25-28(2)9-11)13(6-24-17)14-7-23-15(8-22-14)19(29)30/h6,11-19,22-23,25-26,29-30H,3-5,7-10H2,1-2H3,(H2,21,27,31). The van der Waals surface area contributed by atoms with E-state index >= 15 is 0 Å². The molecule has 0 aromatic rings. The molecule has 3 saturated heterocycles. The highest BCUT2D eigenvalue weighted by Crippen LogP contribution is 2.37. The summed E-state index contributed by atoms with van der Waals surface area (Å²) < 4.78 is 0. The SMILES string of the molecule is CCNC(=O)NC1CC(C2NC(C3CNN(C)C3)CS2)C(C2CNC(C(O)O)CN2)C=N1. The van der Waals surface area contributed by atoms with Gasteiger partial charge in [0.25, 0.3) is 0 Å². The molecule has 8 N–H and O–H groups in total. The van der Waals surface area contributed by atoms with Gasteiger partial charge in [-0.2, -0.15) is 0 Å². The van der Waals surface area contributed by atoms with Gasteiger partial charge in [-0.05, 0) is 19.3 Å². The van der Waals surface area contributed by atoms with E-state index < -0.39 is 6.29 Å². The molecule has 4 aliphatic rings. The highest BCUT2D eigenvalue weighted by Gasteiger charge is 2.44. The van der Waals surface area contributed by atoms with Crippen LogP contribution in [0.4, 0.5) is 4.79 Å². The molecule has 0 spiro atoms. The van der Waals surface area contributed by atoms with Crippen LogP contribution in [0.1, 0.15) is 13.3 Å². The van der Waals surface area contributed by atoms with Crippen LogP contribution in [-0.2, 0) is 0 Å². The van der Waals surface area contributed by atoms with Crippen molar-refractivity contribution in [2.45, 2.75) is 49.3 Å². The van der Waals surface area contributed by atoms with Crippen molar-refractivity contribution < 1.29 is 15.0 Å². The summed E-state index contributed by atoms with van der Waals surface area (Å²) in [5.41, 5.74) is 3.40. The van der Waals surface area contributed by atoms with Gasteiger partial charge in [0.1, 0.15) is 6.17 Å². The van der Waals surface area contributed by atoms with Crippen LogP contribution in [0.2, 0.25) is 0 Å². The summed E-state index contributed by atoms with van der Waals surface area (Å²) in [6.07, 6.45) is 1.14. The monoisotopic (exact) mass is 470 g/mol. The second-order valence-corrected chi connectivity index (χ2v) is 10.4. The fourth-order valence-electron chi connectivity index (χ4n) is 5.22. The number of piperazine rings is 1. The molecule has 0 aromatic carbocycles. The molecule has 0 bridgehead atoms. The molecule has 0 aromatic heterocycles. The van der Waals surface area contributed by atoms with Crippen LogP contribution in [0.15, 0.2) is 4.99 Å². The number of thioether (sulfide) groups is 1. The molecule has 2 amide bonds. The molecular formula is C20H38N8O3S. The van der Waals surface area contributed by atoms with Crippen molar-refractivity contribution in [1.82, 2.24) is 37.0 Å². The Kier molecular flexibility index (Phi) is 8.27. The molecule has 4 rings (SSSR count). The molecule has 0 radical (unpaired) electrons. The van der Waals surface area contributed by atoms with Crippen molar-refractivity contribution >= 4 is 24.0 Å². The lowest BCUT2D eigenvalue weighted by atomic mass is 9.80. The molecule has 3 fully saturated rings. The van der Waals surface area contributed by atoms with Gasteiger partial charge in [-0.15, -0.1) is 11.8 Å². The molecule has 8 unspecified atom stereocenters. The predicted octanol–water partition coefficient (Wildman–Crippen LogP) is -2.32. The van der Waals surface area contributed by atoms with E-state index in [0.29, 0.717) is 31.6 Å². The van der Waals surface area contributed by atoms with E-state index in [1.807, 2.05) is 24.9 Å². The number of hydrogen-bond acceptors (Lipinski definition) is 10. The van der Waals surface area contributed by atoms with Gasteiger partial charge in [-0.1, -0.05) is 0 Å². The van der Waals surface area contributed by atoms with Gasteiger partial charge in [0, 0.05) is 75.7 Å². The van der Waals surface area contributed by atoms with Gasteiger partial charge in [0.15, 0.2) is 6.29 Å². The molecule has 182 valence electrons. The molecule has 0 saturated carbocycles. The van der Waals surface area contributed by atoms with E-state index in [2.05, 4.69) is 49.1 Å². The van der Waals surface area contributed by atoms with Gasteiger partial charge >= 0.3 is 6.03 Å². The van der Waals surface area contributed by atoms with Crippen molar-refractivity contribution in [1.29, 1.82) is 0 Å².